The lowest BCUT2D eigenvalue weighted by atomic mass is 10.2. The first kappa shape index (κ1) is 21.0. The molecule has 1 aromatic carbocycles. The normalized spacial score (nSPS) is 11.4. The number of rotatable bonds is 9. The highest BCUT2D eigenvalue weighted by molar-refractivity contribution is 6.30. The van der Waals surface area contributed by atoms with Crippen LogP contribution >= 0.6 is 11.6 Å². The van der Waals surface area contributed by atoms with Crippen molar-refractivity contribution in [2.75, 3.05) is 20.7 Å². The Bertz CT molecular complexity index is 586. The molecule has 0 aromatic heterocycles. The first-order valence-corrected chi connectivity index (χ1v) is 8.08. The lowest BCUT2D eigenvalue weighted by molar-refractivity contribution is -0.140. The number of carbonyl (C=O) groups excluding carboxylic acids is 1. The molecular formula is C16H22ClF2N3O3. The maximum atomic E-state index is 12.4. The van der Waals surface area contributed by atoms with Crippen LogP contribution in [0.5, 0.6) is 5.75 Å². The summed E-state index contributed by atoms with van der Waals surface area (Å²) in [5, 5.41) is 6.49. The molecule has 0 aliphatic heterocycles. The summed E-state index contributed by atoms with van der Waals surface area (Å²) < 4.78 is 33.9. The van der Waals surface area contributed by atoms with Crippen molar-refractivity contribution in [2.24, 2.45) is 4.99 Å². The Kier molecular flexibility index (Phi) is 9.61. The maximum absolute atomic E-state index is 12.4. The van der Waals surface area contributed by atoms with E-state index in [-0.39, 0.29) is 18.3 Å². The van der Waals surface area contributed by atoms with Crippen LogP contribution in [0.2, 0.25) is 5.02 Å². The topological polar surface area (TPSA) is 72.0 Å². The molecule has 0 aliphatic rings. The standard InChI is InChI=1S/C16H22ClF2N3O3/c1-20-16(21-8-4-3-5-14(23)24-2)22-10-11-9-12(17)6-7-13(11)25-15(18)19/h6-7,9,15H,3-5,8,10H2,1-2H3,(H2,20,21,22). The molecule has 6 nitrogen and oxygen atoms in total. The third kappa shape index (κ3) is 8.53. The number of ether oxygens (including phenoxy) is 2. The van der Waals surface area contributed by atoms with E-state index in [9.17, 15) is 13.6 Å². The third-order valence-corrected chi connectivity index (χ3v) is 3.47. The van der Waals surface area contributed by atoms with Crippen LogP contribution in [0, 0.1) is 0 Å². The Hall–Kier alpha value is -2.09. The SMILES string of the molecule is CN=C(NCCCCC(=O)OC)NCc1cc(Cl)ccc1OC(F)F. The second-order valence-electron chi connectivity index (χ2n) is 5.02. The maximum Gasteiger partial charge on any atom is 0.387 e. The molecule has 0 spiro atoms. The van der Waals surface area contributed by atoms with E-state index in [1.54, 1.807) is 13.1 Å². The number of halogens is 3. The largest absolute Gasteiger partial charge is 0.469 e. The van der Waals surface area contributed by atoms with Crippen LogP contribution in [-0.2, 0) is 16.1 Å². The molecule has 0 unspecified atom stereocenters. The number of unbranched alkanes of at least 4 members (excludes halogenated alkanes) is 1. The van der Waals surface area contributed by atoms with Crippen LogP contribution in [0.1, 0.15) is 24.8 Å². The van der Waals surface area contributed by atoms with Crippen LogP contribution in [0.15, 0.2) is 23.2 Å². The highest BCUT2D eigenvalue weighted by Crippen LogP contribution is 2.24. The Labute approximate surface area is 150 Å². The van der Waals surface area contributed by atoms with Crippen molar-refractivity contribution >= 4 is 23.5 Å². The fourth-order valence-electron chi connectivity index (χ4n) is 2.00. The molecule has 1 aromatic rings. The Balaban J connectivity index is 2.46. The number of esters is 1. The quantitative estimate of drug-likeness (QED) is 0.299. The van der Waals surface area contributed by atoms with Gasteiger partial charge in [-0.2, -0.15) is 8.78 Å². The highest BCUT2D eigenvalue weighted by Gasteiger charge is 2.11. The molecule has 0 heterocycles. The van der Waals surface area contributed by atoms with Crippen molar-refractivity contribution in [2.45, 2.75) is 32.4 Å². The monoisotopic (exact) mass is 377 g/mol. The van der Waals surface area contributed by atoms with Gasteiger partial charge < -0.3 is 20.1 Å². The molecule has 0 bridgehead atoms. The molecule has 0 radical (unpaired) electrons. The molecule has 0 fully saturated rings. The minimum Gasteiger partial charge on any atom is -0.469 e. The molecule has 0 saturated carbocycles. The first-order chi connectivity index (χ1) is 12.0. The van der Waals surface area contributed by atoms with Crippen molar-refractivity contribution in [3.63, 3.8) is 0 Å². The van der Waals surface area contributed by atoms with Gasteiger partial charge >= 0.3 is 12.6 Å². The van der Waals surface area contributed by atoms with Crippen LogP contribution in [0.4, 0.5) is 8.78 Å². The van der Waals surface area contributed by atoms with Gasteiger partial charge in [0.1, 0.15) is 5.75 Å². The molecule has 0 saturated heterocycles. The van der Waals surface area contributed by atoms with Gasteiger partial charge in [-0.05, 0) is 31.0 Å². The number of nitrogens with zero attached hydrogens (tertiary/aromatic N) is 1. The van der Waals surface area contributed by atoms with E-state index in [0.717, 1.165) is 6.42 Å². The fraction of sp³-hybridized carbons (Fsp3) is 0.500. The van der Waals surface area contributed by atoms with Gasteiger partial charge in [-0.3, -0.25) is 9.79 Å². The second kappa shape index (κ2) is 11.5. The predicted molar refractivity (Wildman–Crippen MR) is 92.2 cm³/mol. The summed E-state index contributed by atoms with van der Waals surface area (Å²) in [6.45, 7) is -2.09. The van der Waals surface area contributed by atoms with Crippen molar-refractivity contribution in [3.05, 3.63) is 28.8 Å². The molecule has 1 rings (SSSR count). The van der Waals surface area contributed by atoms with E-state index in [1.165, 1.54) is 19.2 Å². The molecule has 2 N–H and O–H groups in total. The predicted octanol–water partition coefficient (Wildman–Crippen LogP) is 2.95. The van der Waals surface area contributed by atoms with Gasteiger partial charge in [0, 0.05) is 37.1 Å². The molecular weight excluding hydrogens is 356 g/mol. The van der Waals surface area contributed by atoms with Crippen LogP contribution in [-0.4, -0.2) is 39.2 Å². The van der Waals surface area contributed by atoms with E-state index < -0.39 is 6.61 Å². The van der Waals surface area contributed by atoms with Gasteiger partial charge in [-0.25, -0.2) is 0 Å². The molecule has 140 valence electrons. The summed E-state index contributed by atoms with van der Waals surface area (Å²) in [6.07, 6.45) is 1.81. The summed E-state index contributed by atoms with van der Waals surface area (Å²) in [5.41, 5.74) is 0.487. The number of methoxy groups -OCH3 is 1. The lowest BCUT2D eigenvalue weighted by Gasteiger charge is -2.15. The number of benzene rings is 1. The van der Waals surface area contributed by atoms with E-state index in [2.05, 4.69) is 25.1 Å². The summed E-state index contributed by atoms with van der Waals surface area (Å²) in [4.78, 5) is 15.1. The number of nitrogens with one attached hydrogen (secondary N) is 2. The lowest BCUT2D eigenvalue weighted by Crippen LogP contribution is -2.37. The number of guanidine groups is 1. The molecule has 0 amide bonds. The number of hydrogen-bond donors (Lipinski definition) is 2. The zero-order chi connectivity index (χ0) is 18.7. The van der Waals surface area contributed by atoms with E-state index >= 15 is 0 Å². The Morgan fingerprint density at radius 2 is 2.08 bits per heavy atom. The number of alkyl halides is 2. The zero-order valence-corrected chi connectivity index (χ0v) is 14.9. The van der Waals surface area contributed by atoms with Crippen molar-refractivity contribution < 1.29 is 23.0 Å². The molecule has 0 atom stereocenters. The average Bonchev–Trinajstić information content (AvgIpc) is 2.58. The van der Waals surface area contributed by atoms with Gasteiger partial charge in [0.2, 0.25) is 0 Å². The third-order valence-electron chi connectivity index (χ3n) is 3.24. The van der Waals surface area contributed by atoms with Gasteiger partial charge in [0.25, 0.3) is 0 Å². The summed E-state index contributed by atoms with van der Waals surface area (Å²) in [7, 11) is 2.95. The van der Waals surface area contributed by atoms with Crippen molar-refractivity contribution in [1.82, 2.24) is 10.6 Å². The average molecular weight is 378 g/mol. The van der Waals surface area contributed by atoms with Crippen molar-refractivity contribution in [1.29, 1.82) is 0 Å². The Morgan fingerprint density at radius 1 is 1.32 bits per heavy atom. The van der Waals surface area contributed by atoms with Gasteiger partial charge in [-0.1, -0.05) is 11.6 Å². The van der Waals surface area contributed by atoms with Crippen LogP contribution in [0.3, 0.4) is 0 Å². The van der Waals surface area contributed by atoms with E-state index in [4.69, 9.17) is 11.6 Å². The number of hydrogen-bond acceptors (Lipinski definition) is 4. The van der Waals surface area contributed by atoms with Crippen LogP contribution in [0.25, 0.3) is 0 Å². The first-order valence-electron chi connectivity index (χ1n) is 7.70. The van der Waals surface area contributed by atoms with E-state index in [0.29, 0.717) is 35.9 Å². The molecule has 0 aliphatic carbocycles. The van der Waals surface area contributed by atoms with Crippen molar-refractivity contribution in [3.8, 4) is 5.75 Å². The minimum atomic E-state index is -2.91. The smallest absolute Gasteiger partial charge is 0.387 e. The van der Waals surface area contributed by atoms with Gasteiger partial charge in [0.15, 0.2) is 5.96 Å². The molecule has 9 heteroatoms. The number of carbonyl (C=O) groups is 1. The van der Waals surface area contributed by atoms with Gasteiger partial charge in [0.05, 0.1) is 7.11 Å². The number of aliphatic imine (C=N–C) groups is 1. The summed E-state index contributed by atoms with van der Waals surface area (Å²) >= 11 is 5.90. The summed E-state index contributed by atoms with van der Waals surface area (Å²) in [5.74, 6) is 0.316. The van der Waals surface area contributed by atoms with E-state index in [1.807, 2.05) is 0 Å². The molecule has 25 heavy (non-hydrogen) atoms. The minimum absolute atomic E-state index is 0.0560. The van der Waals surface area contributed by atoms with Crippen LogP contribution < -0.4 is 15.4 Å². The fourth-order valence-corrected chi connectivity index (χ4v) is 2.19. The van der Waals surface area contributed by atoms with Gasteiger partial charge in [-0.15, -0.1) is 0 Å². The summed E-state index contributed by atoms with van der Waals surface area (Å²) in [6, 6.07) is 4.43. The Morgan fingerprint density at radius 3 is 2.72 bits per heavy atom. The highest BCUT2D eigenvalue weighted by atomic mass is 35.5. The zero-order valence-electron chi connectivity index (χ0n) is 14.2. The second-order valence-corrected chi connectivity index (χ2v) is 5.45.